The Morgan fingerprint density at radius 1 is 1.15 bits per heavy atom. The average molecular weight is 283 g/mol. The number of rotatable bonds is 5. The maximum atomic E-state index is 13.7. The number of hydrogen-bond donors (Lipinski definition) is 1. The lowest BCUT2D eigenvalue weighted by Crippen LogP contribution is -2.48. The second-order valence-electron chi connectivity index (χ2n) is 5.41. The highest BCUT2D eigenvalue weighted by Gasteiger charge is 2.20. The molecule has 2 N–H and O–H groups in total. The molecule has 1 saturated heterocycles. The van der Waals surface area contributed by atoms with Crippen LogP contribution in [0.5, 0.6) is 0 Å². The van der Waals surface area contributed by atoms with Crippen molar-refractivity contribution in [2.45, 2.75) is 19.4 Å². The summed E-state index contributed by atoms with van der Waals surface area (Å²) in [5.74, 6) is -1.12. The Morgan fingerprint density at radius 2 is 1.80 bits per heavy atom. The fourth-order valence-corrected chi connectivity index (χ4v) is 2.69. The van der Waals surface area contributed by atoms with E-state index in [0.29, 0.717) is 12.1 Å². The second-order valence-corrected chi connectivity index (χ2v) is 5.41. The first-order valence-electron chi connectivity index (χ1n) is 7.25. The lowest BCUT2D eigenvalue weighted by atomic mass is 10.1. The van der Waals surface area contributed by atoms with E-state index in [4.69, 9.17) is 5.73 Å². The van der Waals surface area contributed by atoms with E-state index in [-0.39, 0.29) is 0 Å². The van der Waals surface area contributed by atoms with Crippen molar-refractivity contribution in [2.24, 2.45) is 5.73 Å². The monoisotopic (exact) mass is 283 g/mol. The van der Waals surface area contributed by atoms with Gasteiger partial charge in [0, 0.05) is 50.4 Å². The van der Waals surface area contributed by atoms with Crippen LogP contribution in [0.2, 0.25) is 0 Å². The van der Waals surface area contributed by atoms with Crippen LogP contribution >= 0.6 is 0 Å². The van der Waals surface area contributed by atoms with Crippen LogP contribution in [0.15, 0.2) is 18.2 Å². The Morgan fingerprint density at radius 3 is 2.40 bits per heavy atom. The normalized spacial score (nSPS) is 19.2. The molecule has 1 atom stereocenters. The minimum Gasteiger partial charge on any atom is -0.323 e. The van der Waals surface area contributed by atoms with Gasteiger partial charge in [-0.3, -0.25) is 4.90 Å². The van der Waals surface area contributed by atoms with Crippen LogP contribution in [0.1, 0.15) is 24.9 Å². The summed E-state index contributed by atoms with van der Waals surface area (Å²) in [4.78, 5) is 4.68. The molecule has 20 heavy (non-hydrogen) atoms. The van der Waals surface area contributed by atoms with E-state index < -0.39 is 17.7 Å². The first kappa shape index (κ1) is 15.4. The Kier molecular flexibility index (Phi) is 5.46. The first-order valence-corrected chi connectivity index (χ1v) is 7.25. The van der Waals surface area contributed by atoms with Crippen LogP contribution in [-0.2, 0) is 0 Å². The minimum atomic E-state index is -0.563. The van der Waals surface area contributed by atoms with Crippen molar-refractivity contribution in [1.29, 1.82) is 0 Å². The highest BCUT2D eigenvalue weighted by molar-refractivity contribution is 5.22. The van der Waals surface area contributed by atoms with Crippen LogP contribution in [0.25, 0.3) is 0 Å². The molecule has 1 unspecified atom stereocenters. The van der Waals surface area contributed by atoms with Crippen LogP contribution in [-0.4, -0.2) is 49.1 Å². The van der Waals surface area contributed by atoms with Gasteiger partial charge in [0.05, 0.1) is 0 Å². The van der Waals surface area contributed by atoms with Crippen molar-refractivity contribution in [2.75, 3.05) is 39.3 Å². The van der Waals surface area contributed by atoms with Crippen molar-refractivity contribution in [3.05, 3.63) is 35.4 Å². The molecule has 0 amide bonds. The third-order valence-electron chi connectivity index (χ3n) is 3.82. The van der Waals surface area contributed by atoms with Crippen molar-refractivity contribution >= 4 is 0 Å². The van der Waals surface area contributed by atoms with Gasteiger partial charge in [0.2, 0.25) is 0 Å². The highest BCUT2D eigenvalue weighted by atomic mass is 19.1. The van der Waals surface area contributed by atoms with E-state index in [1.807, 2.05) is 0 Å². The predicted molar refractivity (Wildman–Crippen MR) is 76.5 cm³/mol. The van der Waals surface area contributed by atoms with Crippen LogP contribution in [0.3, 0.4) is 0 Å². The van der Waals surface area contributed by atoms with Gasteiger partial charge in [0.25, 0.3) is 0 Å². The standard InChI is InChI=1S/C15H23F2N3/c1-2-5-19-6-8-20(9-7-19)11-15(18)13-4-3-12(16)10-14(13)17/h3-4,10,15H,2,5-9,11,18H2,1H3. The fraction of sp³-hybridized carbons (Fsp3) is 0.600. The number of nitrogens with zero attached hydrogens (tertiary/aromatic N) is 2. The molecule has 0 radical (unpaired) electrons. The number of halogens is 2. The van der Waals surface area contributed by atoms with E-state index in [0.717, 1.165) is 38.8 Å². The molecule has 1 aromatic carbocycles. The quantitative estimate of drug-likeness (QED) is 0.897. The molecule has 5 heteroatoms. The summed E-state index contributed by atoms with van der Waals surface area (Å²) < 4.78 is 26.6. The molecular weight excluding hydrogens is 260 g/mol. The number of piperazine rings is 1. The third kappa shape index (κ3) is 3.98. The molecule has 112 valence electrons. The van der Waals surface area contributed by atoms with E-state index in [1.54, 1.807) is 0 Å². The van der Waals surface area contributed by atoms with Gasteiger partial charge in [-0.2, -0.15) is 0 Å². The smallest absolute Gasteiger partial charge is 0.130 e. The van der Waals surface area contributed by atoms with Gasteiger partial charge in [0.15, 0.2) is 0 Å². The van der Waals surface area contributed by atoms with E-state index >= 15 is 0 Å². The van der Waals surface area contributed by atoms with E-state index in [9.17, 15) is 8.78 Å². The summed E-state index contributed by atoms with van der Waals surface area (Å²) in [6.45, 7) is 7.90. The van der Waals surface area contributed by atoms with Crippen molar-refractivity contribution in [3.8, 4) is 0 Å². The Balaban J connectivity index is 1.87. The molecule has 0 aromatic heterocycles. The van der Waals surface area contributed by atoms with Gasteiger partial charge in [-0.15, -0.1) is 0 Å². The zero-order chi connectivity index (χ0) is 14.5. The van der Waals surface area contributed by atoms with Crippen LogP contribution in [0, 0.1) is 11.6 Å². The van der Waals surface area contributed by atoms with Crippen molar-refractivity contribution in [3.63, 3.8) is 0 Å². The zero-order valence-electron chi connectivity index (χ0n) is 12.0. The van der Waals surface area contributed by atoms with E-state index in [2.05, 4.69) is 16.7 Å². The maximum Gasteiger partial charge on any atom is 0.130 e. The molecule has 2 rings (SSSR count). The molecule has 1 fully saturated rings. The summed E-state index contributed by atoms with van der Waals surface area (Å²) in [5.41, 5.74) is 6.44. The largest absolute Gasteiger partial charge is 0.323 e. The molecule has 0 aliphatic carbocycles. The van der Waals surface area contributed by atoms with Gasteiger partial charge in [-0.1, -0.05) is 13.0 Å². The van der Waals surface area contributed by atoms with E-state index in [1.165, 1.54) is 18.6 Å². The summed E-state index contributed by atoms with van der Waals surface area (Å²) in [6, 6.07) is 3.20. The predicted octanol–water partition coefficient (Wildman–Crippen LogP) is 1.99. The van der Waals surface area contributed by atoms with Crippen LogP contribution in [0.4, 0.5) is 8.78 Å². The molecular formula is C15H23F2N3. The number of nitrogens with two attached hydrogens (primary N) is 1. The van der Waals surface area contributed by atoms with Gasteiger partial charge in [-0.25, -0.2) is 8.78 Å². The molecule has 1 aliphatic rings. The first-order chi connectivity index (χ1) is 9.60. The van der Waals surface area contributed by atoms with Gasteiger partial charge in [-0.05, 0) is 19.0 Å². The Bertz CT molecular complexity index is 431. The molecule has 1 aliphatic heterocycles. The van der Waals surface area contributed by atoms with Gasteiger partial charge in [0.1, 0.15) is 11.6 Å². The topological polar surface area (TPSA) is 32.5 Å². The molecule has 3 nitrogen and oxygen atoms in total. The SMILES string of the molecule is CCCN1CCN(CC(N)c2ccc(F)cc2F)CC1. The lowest BCUT2D eigenvalue weighted by molar-refractivity contribution is 0.127. The van der Waals surface area contributed by atoms with Gasteiger partial charge < -0.3 is 10.6 Å². The summed E-state index contributed by atoms with van der Waals surface area (Å²) in [7, 11) is 0. The molecule has 1 aromatic rings. The number of benzene rings is 1. The molecule has 0 bridgehead atoms. The van der Waals surface area contributed by atoms with Gasteiger partial charge >= 0.3 is 0 Å². The summed E-state index contributed by atoms with van der Waals surface area (Å²) >= 11 is 0. The Hall–Kier alpha value is -1.04. The second kappa shape index (κ2) is 7.11. The van der Waals surface area contributed by atoms with Crippen LogP contribution < -0.4 is 5.73 Å². The molecule has 1 heterocycles. The zero-order valence-corrected chi connectivity index (χ0v) is 12.0. The molecule has 0 spiro atoms. The highest BCUT2D eigenvalue weighted by Crippen LogP contribution is 2.18. The fourth-order valence-electron chi connectivity index (χ4n) is 2.69. The van der Waals surface area contributed by atoms with Crippen molar-refractivity contribution < 1.29 is 8.78 Å². The summed E-state index contributed by atoms with van der Waals surface area (Å²) in [5, 5.41) is 0. The third-order valence-corrected chi connectivity index (χ3v) is 3.82. The average Bonchev–Trinajstić information content (AvgIpc) is 2.41. The van der Waals surface area contributed by atoms with Crippen molar-refractivity contribution in [1.82, 2.24) is 9.80 Å². The molecule has 0 saturated carbocycles. The summed E-state index contributed by atoms with van der Waals surface area (Å²) in [6.07, 6.45) is 1.17. The Labute approximate surface area is 119 Å². The number of hydrogen-bond acceptors (Lipinski definition) is 3. The lowest BCUT2D eigenvalue weighted by Gasteiger charge is -2.35. The maximum absolute atomic E-state index is 13.7. The minimum absolute atomic E-state index is 0.391.